The molecule has 0 unspecified atom stereocenters. The fraction of sp³-hybridized carbons (Fsp3) is 0.375. The molecule has 2 aromatic carbocycles. The van der Waals surface area contributed by atoms with Gasteiger partial charge in [0.15, 0.2) is 0 Å². The average molecular weight is 879 g/mol. The molecular formula is C48H52F2N6O8. The number of hydrogen-bond donors (Lipinski definition) is 4. The van der Waals surface area contributed by atoms with Gasteiger partial charge in [-0.3, -0.25) is 28.8 Å². The van der Waals surface area contributed by atoms with Gasteiger partial charge in [0.25, 0.3) is 22.9 Å². The van der Waals surface area contributed by atoms with E-state index < -0.39 is 59.5 Å². The lowest BCUT2D eigenvalue weighted by Crippen LogP contribution is -2.49. The number of nitrogens with zero attached hydrogens (tertiary/aromatic N) is 4. The molecule has 0 radical (unpaired) electrons. The van der Waals surface area contributed by atoms with E-state index in [9.17, 15) is 47.8 Å². The summed E-state index contributed by atoms with van der Waals surface area (Å²) in [6.45, 7) is 7.79. The number of allylic oxidation sites excluding steroid dienone is 2. The molecule has 16 heteroatoms. The molecular weight excluding hydrogens is 827 g/mol. The largest absolute Gasteiger partial charge is 0.396 e. The molecule has 8 rings (SSSR count). The molecule has 0 aliphatic carbocycles. The van der Waals surface area contributed by atoms with Gasteiger partial charge < -0.3 is 39.8 Å². The molecule has 2 saturated heterocycles. The van der Waals surface area contributed by atoms with E-state index in [1.807, 2.05) is 13.8 Å². The Morgan fingerprint density at radius 2 is 0.969 bits per heavy atom. The van der Waals surface area contributed by atoms with Crippen molar-refractivity contribution < 1.29 is 38.2 Å². The van der Waals surface area contributed by atoms with Crippen LogP contribution in [0.3, 0.4) is 0 Å². The van der Waals surface area contributed by atoms with Crippen molar-refractivity contribution in [3.05, 3.63) is 151 Å². The van der Waals surface area contributed by atoms with Crippen LogP contribution in [-0.4, -0.2) is 91.2 Å². The third kappa shape index (κ3) is 8.00. The molecule has 2 fully saturated rings. The number of pyridine rings is 2. The fourth-order valence-corrected chi connectivity index (χ4v) is 10.1. The third-order valence-electron chi connectivity index (χ3n) is 12.8. The van der Waals surface area contributed by atoms with Gasteiger partial charge in [0, 0.05) is 84.9 Å². The summed E-state index contributed by atoms with van der Waals surface area (Å²) < 4.78 is 30.1. The Labute approximate surface area is 368 Å². The summed E-state index contributed by atoms with van der Waals surface area (Å²) in [5.41, 5.74) is 2.33. The highest BCUT2D eigenvalue weighted by atomic mass is 19.1. The predicted molar refractivity (Wildman–Crippen MR) is 235 cm³/mol. The van der Waals surface area contributed by atoms with Gasteiger partial charge >= 0.3 is 0 Å². The lowest BCUT2D eigenvalue weighted by molar-refractivity contribution is -0.128. The summed E-state index contributed by atoms with van der Waals surface area (Å²) in [6, 6.07) is 14.9. The van der Waals surface area contributed by atoms with Crippen molar-refractivity contribution in [2.75, 3.05) is 26.3 Å². The van der Waals surface area contributed by atoms with E-state index in [0.29, 0.717) is 35.6 Å². The molecule has 0 spiro atoms. The van der Waals surface area contributed by atoms with Crippen LogP contribution in [0.5, 0.6) is 0 Å². The number of aliphatic hydroxyl groups excluding tert-OH is 2. The van der Waals surface area contributed by atoms with E-state index in [0.717, 1.165) is 0 Å². The second-order valence-electron chi connectivity index (χ2n) is 16.3. The first-order valence-corrected chi connectivity index (χ1v) is 21.5. The normalized spacial score (nSPS) is 23.9. The highest BCUT2D eigenvalue weighted by molar-refractivity contribution is 5.97. The van der Waals surface area contributed by atoms with E-state index in [-0.39, 0.29) is 72.2 Å². The maximum atomic E-state index is 13.5. The molecule has 4 aliphatic heterocycles. The van der Waals surface area contributed by atoms with Gasteiger partial charge in [-0.15, -0.1) is 0 Å². The summed E-state index contributed by atoms with van der Waals surface area (Å²) in [4.78, 5) is 82.6. The minimum atomic E-state index is -0.720. The van der Waals surface area contributed by atoms with Gasteiger partial charge in [-0.2, -0.15) is 0 Å². The van der Waals surface area contributed by atoms with E-state index in [1.165, 1.54) is 48.5 Å². The molecule has 4 bridgehead atoms. The number of halogens is 2. The second-order valence-corrected chi connectivity index (χ2v) is 16.3. The first kappa shape index (κ1) is 45.5. The molecule has 4 aromatic rings. The zero-order chi connectivity index (χ0) is 46.0. The Morgan fingerprint density at radius 3 is 1.28 bits per heavy atom. The standard InChI is InChI=1S/2C24H26FN3O4/c2*1-3-5-14-8-11-18-21-20(22(30)26-4-2)17(13-29)19(12-27(18)23(14)31)28(21)24(32)15-6-9-16(25)10-7-15/h2*3,5-11,17,19-21,29H,4,12-13H2,1-2H3,(H,26,30)/b5-3+;5-3-/t2*17-,19-,20+,21+/m00/s1. The number of fused-ring (bicyclic) bond motifs is 8. The molecule has 4 amide bonds. The molecule has 14 nitrogen and oxygen atoms in total. The highest BCUT2D eigenvalue weighted by Gasteiger charge is 2.59. The van der Waals surface area contributed by atoms with Crippen LogP contribution in [0.15, 0.2) is 94.5 Å². The molecule has 64 heavy (non-hydrogen) atoms. The van der Waals surface area contributed by atoms with Gasteiger partial charge in [0.05, 0.1) is 36.0 Å². The smallest absolute Gasteiger partial charge is 0.258 e. The number of benzene rings is 2. The van der Waals surface area contributed by atoms with E-state index in [4.69, 9.17) is 0 Å². The maximum absolute atomic E-state index is 13.5. The van der Waals surface area contributed by atoms with Crippen molar-refractivity contribution >= 4 is 35.8 Å². The summed E-state index contributed by atoms with van der Waals surface area (Å²) >= 11 is 0. The number of nitrogens with one attached hydrogen (secondary N) is 2. The quantitative estimate of drug-likeness (QED) is 0.185. The van der Waals surface area contributed by atoms with Crippen LogP contribution >= 0.6 is 0 Å². The summed E-state index contributed by atoms with van der Waals surface area (Å²) in [6.07, 6.45) is 7.00. The minimum Gasteiger partial charge on any atom is -0.396 e. The number of amides is 4. The van der Waals surface area contributed by atoms with Crippen molar-refractivity contribution in [3.63, 3.8) is 0 Å². The number of rotatable bonds is 10. The first-order valence-electron chi connectivity index (χ1n) is 21.5. The van der Waals surface area contributed by atoms with Crippen LogP contribution < -0.4 is 21.8 Å². The molecule has 6 heterocycles. The Balaban J connectivity index is 0.000000191. The Bertz CT molecular complexity index is 2430. The lowest BCUT2D eigenvalue weighted by atomic mass is 9.86. The summed E-state index contributed by atoms with van der Waals surface area (Å²) in [7, 11) is 0. The molecule has 4 N–H and O–H groups in total. The highest BCUT2D eigenvalue weighted by Crippen LogP contribution is 2.50. The van der Waals surface area contributed by atoms with Crippen LogP contribution in [0, 0.1) is 35.3 Å². The molecule has 2 aromatic heterocycles. The van der Waals surface area contributed by atoms with Crippen molar-refractivity contribution in [1.82, 2.24) is 29.6 Å². The number of carbonyl (C=O) groups is 4. The topological polar surface area (TPSA) is 183 Å². The van der Waals surface area contributed by atoms with Crippen molar-refractivity contribution in [3.8, 4) is 0 Å². The number of carbonyl (C=O) groups excluding carboxylic acids is 4. The van der Waals surface area contributed by atoms with Crippen molar-refractivity contribution in [2.24, 2.45) is 23.7 Å². The summed E-state index contributed by atoms with van der Waals surface area (Å²) in [5.74, 6) is -4.67. The molecule has 4 aliphatic rings. The van der Waals surface area contributed by atoms with Crippen LogP contribution in [0.4, 0.5) is 8.78 Å². The van der Waals surface area contributed by atoms with Crippen LogP contribution in [0.25, 0.3) is 12.2 Å². The second kappa shape index (κ2) is 19.1. The number of aliphatic hydroxyl groups is 2. The zero-order valence-corrected chi connectivity index (χ0v) is 36.0. The maximum Gasteiger partial charge on any atom is 0.258 e. The zero-order valence-electron chi connectivity index (χ0n) is 36.0. The molecule has 8 atom stereocenters. The van der Waals surface area contributed by atoms with Gasteiger partial charge in [-0.05, 0) is 100 Å². The third-order valence-corrected chi connectivity index (χ3v) is 12.8. The fourth-order valence-electron chi connectivity index (χ4n) is 10.1. The predicted octanol–water partition coefficient (Wildman–Crippen LogP) is 3.92. The van der Waals surface area contributed by atoms with Gasteiger partial charge in [0.2, 0.25) is 11.8 Å². The lowest BCUT2D eigenvalue weighted by Gasteiger charge is -2.38. The Hall–Kier alpha value is -6.52. The van der Waals surface area contributed by atoms with Crippen LogP contribution in [0.2, 0.25) is 0 Å². The first-order chi connectivity index (χ1) is 30.8. The monoisotopic (exact) mass is 878 g/mol. The van der Waals surface area contributed by atoms with Crippen LogP contribution in [-0.2, 0) is 22.7 Å². The van der Waals surface area contributed by atoms with Gasteiger partial charge in [0.1, 0.15) is 11.6 Å². The summed E-state index contributed by atoms with van der Waals surface area (Å²) in [5, 5.41) is 26.1. The Kier molecular flexibility index (Phi) is 13.6. The van der Waals surface area contributed by atoms with Crippen molar-refractivity contribution in [1.29, 1.82) is 0 Å². The molecule has 336 valence electrons. The van der Waals surface area contributed by atoms with E-state index >= 15 is 0 Å². The number of hydrogen-bond acceptors (Lipinski definition) is 8. The number of aromatic nitrogens is 2. The van der Waals surface area contributed by atoms with Crippen LogP contribution in [0.1, 0.15) is 83.0 Å². The van der Waals surface area contributed by atoms with E-state index in [2.05, 4.69) is 10.6 Å². The van der Waals surface area contributed by atoms with Gasteiger partial charge in [-0.1, -0.05) is 24.3 Å². The van der Waals surface area contributed by atoms with Crippen molar-refractivity contribution in [2.45, 2.75) is 65.0 Å². The molecule has 0 saturated carbocycles. The van der Waals surface area contributed by atoms with Gasteiger partial charge in [-0.25, -0.2) is 8.78 Å². The average Bonchev–Trinajstić information content (AvgIpc) is 3.68. The minimum absolute atomic E-state index is 0.171. The SMILES string of the molecule is C/C=C/c1ccc2n(c1=O)C[C@H]1[C@H](CO)[C@@H](C(=O)NCC)[C@@H]2N1C(=O)c1ccc(F)cc1.C/C=C\c1ccc2n(c1=O)C[C@H]1[C@H](CO)[C@@H](C(=O)NCC)[C@@H]2N1C(=O)c1ccc(F)cc1. The Morgan fingerprint density at radius 1 is 0.609 bits per heavy atom. The van der Waals surface area contributed by atoms with E-state index in [1.54, 1.807) is 81.4 Å².